The molecule has 0 unspecified atom stereocenters. The van der Waals surface area contributed by atoms with Crippen molar-refractivity contribution in [3.8, 4) is 0 Å². The zero-order valence-corrected chi connectivity index (χ0v) is 11.0. The summed E-state index contributed by atoms with van der Waals surface area (Å²) >= 11 is 3.34. The standard InChI is InChI=1S/C11H12BrN3O2/c1-2-4-10(16)17-15-11-8(5-3-6-13-11)9(7-12)14-15/h3,5-6H,2,4,7H2,1H3. The SMILES string of the molecule is CCCC(=O)On1nc(CBr)c2cccnc21. The molecule has 0 saturated carbocycles. The van der Waals surface area contributed by atoms with Gasteiger partial charge in [-0.25, -0.2) is 9.78 Å². The normalized spacial score (nSPS) is 10.7. The highest BCUT2D eigenvalue weighted by molar-refractivity contribution is 9.08. The number of hydrogen-bond acceptors (Lipinski definition) is 4. The Hall–Kier alpha value is -1.43. The fourth-order valence-corrected chi connectivity index (χ4v) is 1.91. The number of pyridine rings is 1. The molecule has 0 amide bonds. The Balaban J connectivity index is 2.37. The first-order valence-electron chi connectivity index (χ1n) is 5.36. The highest BCUT2D eigenvalue weighted by Gasteiger charge is 2.13. The van der Waals surface area contributed by atoms with Crippen LogP contribution in [-0.4, -0.2) is 20.9 Å². The van der Waals surface area contributed by atoms with Crippen LogP contribution in [0.2, 0.25) is 0 Å². The molecule has 0 bridgehead atoms. The molecule has 2 aromatic rings. The number of nitrogens with zero attached hydrogens (tertiary/aromatic N) is 3. The first-order valence-corrected chi connectivity index (χ1v) is 6.48. The van der Waals surface area contributed by atoms with Gasteiger partial charge in [0.15, 0.2) is 5.65 Å². The zero-order chi connectivity index (χ0) is 12.3. The molecule has 2 heterocycles. The molecular weight excluding hydrogens is 286 g/mol. The van der Waals surface area contributed by atoms with E-state index in [-0.39, 0.29) is 5.97 Å². The lowest BCUT2D eigenvalue weighted by molar-refractivity contribution is -0.145. The van der Waals surface area contributed by atoms with Gasteiger partial charge in [-0.3, -0.25) is 0 Å². The van der Waals surface area contributed by atoms with Crippen LogP contribution >= 0.6 is 15.9 Å². The Kier molecular flexibility index (Phi) is 3.73. The molecule has 0 spiro atoms. The van der Waals surface area contributed by atoms with Crippen molar-refractivity contribution in [2.75, 3.05) is 0 Å². The van der Waals surface area contributed by atoms with E-state index in [4.69, 9.17) is 4.84 Å². The van der Waals surface area contributed by atoms with Crippen molar-refractivity contribution in [1.29, 1.82) is 0 Å². The summed E-state index contributed by atoms with van der Waals surface area (Å²) < 4.78 is 0. The highest BCUT2D eigenvalue weighted by atomic mass is 79.9. The Morgan fingerprint density at radius 3 is 3.12 bits per heavy atom. The number of carbonyl (C=O) groups is 1. The Bertz CT molecular complexity index is 538. The third-order valence-electron chi connectivity index (χ3n) is 2.26. The van der Waals surface area contributed by atoms with Crippen molar-refractivity contribution in [1.82, 2.24) is 14.9 Å². The first-order chi connectivity index (χ1) is 8.26. The second-order valence-electron chi connectivity index (χ2n) is 3.54. The van der Waals surface area contributed by atoms with Crippen molar-refractivity contribution in [3.05, 3.63) is 24.0 Å². The van der Waals surface area contributed by atoms with Crippen molar-refractivity contribution in [3.63, 3.8) is 0 Å². The monoisotopic (exact) mass is 297 g/mol. The van der Waals surface area contributed by atoms with E-state index >= 15 is 0 Å². The maximum absolute atomic E-state index is 11.4. The topological polar surface area (TPSA) is 57.0 Å². The molecular formula is C11H12BrN3O2. The van der Waals surface area contributed by atoms with Crippen molar-refractivity contribution in [2.45, 2.75) is 25.1 Å². The first kappa shape index (κ1) is 12.0. The van der Waals surface area contributed by atoms with Crippen LogP contribution in [0.4, 0.5) is 0 Å². The van der Waals surface area contributed by atoms with Gasteiger partial charge in [0.1, 0.15) is 0 Å². The molecule has 0 aliphatic rings. The average Bonchev–Trinajstić information content (AvgIpc) is 2.68. The number of alkyl halides is 1. The van der Waals surface area contributed by atoms with Crippen LogP contribution in [0.25, 0.3) is 11.0 Å². The quantitative estimate of drug-likeness (QED) is 0.811. The number of fused-ring (bicyclic) bond motifs is 1. The van der Waals surface area contributed by atoms with Gasteiger partial charge in [-0.05, 0) is 18.6 Å². The summed E-state index contributed by atoms with van der Waals surface area (Å²) in [6.07, 6.45) is 2.76. The van der Waals surface area contributed by atoms with E-state index in [1.165, 1.54) is 4.85 Å². The fraction of sp³-hybridized carbons (Fsp3) is 0.364. The molecule has 6 heteroatoms. The highest BCUT2D eigenvalue weighted by Crippen LogP contribution is 2.17. The summed E-state index contributed by atoms with van der Waals surface area (Å²) in [4.78, 5) is 21.9. The molecule has 0 aliphatic carbocycles. The van der Waals surface area contributed by atoms with Crippen LogP contribution < -0.4 is 4.84 Å². The number of aromatic nitrogens is 3. The molecule has 0 aromatic carbocycles. The van der Waals surface area contributed by atoms with E-state index in [1.807, 2.05) is 19.1 Å². The number of carbonyl (C=O) groups excluding carboxylic acids is 1. The number of halogens is 1. The molecule has 0 N–H and O–H groups in total. The third-order valence-corrected chi connectivity index (χ3v) is 2.79. The maximum Gasteiger partial charge on any atom is 0.335 e. The minimum atomic E-state index is -0.302. The van der Waals surface area contributed by atoms with Crippen molar-refractivity contribution >= 4 is 32.9 Å². The van der Waals surface area contributed by atoms with E-state index in [1.54, 1.807) is 6.20 Å². The van der Waals surface area contributed by atoms with Crippen molar-refractivity contribution < 1.29 is 9.63 Å². The van der Waals surface area contributed by atoms with Crippen LogP contribution in [0.3, 0.4) is 0 Å². The molecule has 5 nitrogen and oxygen atoms in total. The third kappa shape index (κ3) is 2.46. The maximum atomic E-state index is 11.4. The summed E-state index contributed by atoms with van der Waals surface area (Å²) in [5.74, 6) is -0.302. The van der Waals surface area contributed by atoms with Gasteiger partial charge in [0.2, 0.25) is 0 Å². The van der Waals surface area contributed by atoms with Crippen LogP contribution in [0.5, 0.6) is 0 Å². The molecule has 17 heavy (non-hydrogen) atoms. The van der Waals surface area contributed by atoms with E-state index < -0.39 is 0 Å². The van der Waals surface area contributed by atoms with Gasteiger partial charge >= 0.3 is 5.97 Å². The van der Waals surface area contributed by atoms with E-state index in [9.17, 15) is 4.79 Å². The molecule has 2 rings (SSSR count). The van der Waals surface area contributed by atoms with Gasteiger partial charge in [0.25, 0.3) is 0 Å². The zero-order valence-electron chi connectivity index (χ0n) is 9.39. The van der Waals surface area contributed by atoms with Gasteiger partial charge in [0, 0.05) is 23.3 Å². The van der Waals surface area contributed by atoms with E-state index in [2.05, 4.69) is 26.0 Å². The minimum absolute atomic E-state index is 0.302. The largest absolute Gasteiger partial charge is 0.335 e. The van der Waals surface area contributed by atoms with Gasteiger partial charge in [-0.2, -0.15) is 0 Å². The molecule has 0 radical (unpaired) electrons. The van der Waals surface area contributed by atoms with E-state index in [0.717, 1.165) is 17.5 Å². The molecule has 90 valence electrons. The molecule has 0 atom stereocenters. The Morgan fingerprint density at radius 2 is 2.41 bits per heavy atom. The number of rotatable bonds is 4. The number of hydrogen-bond donors (Lipinski definition) is 0. The van der Waals surface area contributed by atoms with Gasteiger partial charge < -0.3 is 4.84 Å². The lowest BCUT2D eigenvalue weighted by Crippen LogP contribution is -2.20. The summed E-state index contributed by atoms with van der Waals surface area (Å²) in [7, 11) is 0. The molecule has 0 fully saturated rings. The minimum Gasteiger partial charge on any atom is -0.317 e. The molecule has 0 aliphatic heterocycles. The summed E-state index contributed by atoms with van der Waals surface area (Å²) in [6.45, 7) is 1.92. The predicted molar refractivity (Wildman–Crippen MR) is 66.7 cm³/mol. The Morgan fingerprint density at radius 1 is 1.59 bits per heavy atom. The smallest absolute Gasteiger partial charge is 0.317 e. The average molecular weight is 298 g/mol. The lowest BCUT2D eigenvalue weighted by Gasteiger charge is -2.01. The predicted octanol–water partition coefficient (Wildman–Crippen LogP) is 2.08. The van der Waals surface area contributed by atoms with E-state index in [0.29, 0.717) is 17.4 Å². The molecule has 0 saturated heterocycles. The van der Waals surface area contributed by atoms with Gasteiger partial charge in [-0.1, -0.05) is 27.7 Å². The van der Waals surface area contributed by atoms with Crippen LogP contribution in [-0.2, 0) is 10.1 Å². The molecule has 2 aromatic heterocycles. The van der Waals surface area contributed by atoms with Crippen LogP contribution in [0, 0.1) is 0 Å². The summed E-state index contributed by atoms with van der Waals surface area (Å²) in [6, 6.07) is 3.73. The fourth-order valence-electron chi connectivity index (χ4n) is 1.49. The van der Waals surface area contributed by atoms with Crippen molar-refractivity contribution in [2.24, 2.45) is 0 Å². The van der Waals surface area contributed by atoms with Crippen LogP contribution in [0.1, 0.15) is 25.5 Å². The summed E-state index contributed by atoms with van der Waals surface area (Å²) in [5.41, 5.74) is 1.36. The van der Waals surface area contributed by atoms with Crippen LogP contribution in [0.15, 0.2) is 18.3 Å². The lowest BCUT2D eigenvalue weighted by atomic mass is 10.3. The Labute approximate surface area is 107 Å². The van der Waals surface area contributed by atoms with Gasteiger partial charge in [-0.15, -0.1) is 5.10 Å². The van der Waals surface area contributed by atoms with Gasteiger partial charge in [0.05, 0.1) is 5.69 Å². The summed E-state index contributed by atoms with van der Waals surface area (Å²) in [5, 5.41) is 5.67. The second kappa shape index (κ2) is 5.27. The second-order valence-corrected chi connectivity index (χ2v) is 4.10.